The number of sulfone groups is 1. The number of hydrogen-bond donors (Lipinski definition) is 0. The van der Waals surface area contributed by atoms with Gasteiger partial charge in [0.25, 0.3) is 5.91 Å². The van der Waals surface area contributed by atoms with Crippen LogP contribution >= 0.6 is 0 Å². The lowest BCUT2D eigenvalue weighted by Gasteiger charge is -2.26. The zero-order chi connectivity index (χ0) is 18.6. The summed E-state index contributed by atoms with van der Waals surface area (Å²) in [5.41, 5.74) is 0.404. The molecule has 1 heterocycles. The third kappa shape index (κ3) is 4.94. The largest absolute Gasteiger partial charge is 0.481 e. The minimum absolute atomic E-state index is 0.00377. The van der Waals surface area contributed by atoms with E-state index in [1.54, 1.807) is 45.2 Å². The third-order valence-electron chi connectivity index (χ3n) is 4.13. The van der Waals surface area contributed by atoms with Crippen molar-refractivity contribution in [3.05, 3.63) is 29.8 Å². The van der Waals surface area contributed by atoms with Gasteiger partial charge in [0.15, 0.2) is 15.9 Å². The van der Waals surface area contributed by atoms with E-state index in [1.165, 1.54) is 4.90 Å². The number of rotatable bonds is 6. The molecule has 1 saturated heterocycles. The van der Waals surface area contributed by atoms with Gasteiger partial charge in [-0.05, 0) is 44.5 Å². The van der Waals surface area contributed by atoms with Crippen LogP contribution in [0.4, 0.5) is 0 Å². The summed E-state index contributed by atoms with van der Waals surface area (Å²) in [7, 11) is -1.46. The fraction of sp³-hybridized carbons (Fsp3) is 0.529. The van der Waals surface area contributed by atoms with Crippen LogP contribution in [0, 0.1) is 0 Å². The lowest BCUT2D eigenvalue weighted by molar-refractivity contribution is -0.138. The highest BCUT2D eigenvalue weighted by atomic mass is 32.2. The van der Waals surface area contributed by atoms with Gasteiger partial charge < -0.3 is 14.4 Å². The van der Waals surface area contributed by atoms with Crippen molar-refractivity contribution in [2.24, 2.45) is 0 Å². The van der Waals surface area contributed by atoms with Gasteiger partial charge in [0.05, 0.1) is 23.7 Å². The first-order valence-corrected chi connectivity index (χ1v) is 9.96. The molecule has 1 aliphatic heterocycles. The van der Waals surface area contributed by atoms with E-state index in [9.17, 15) is 18.0 Å². The Labute approximate surface area is 147 Å². The molecule has 0 aliphatic carbocycles. The molecule has 0 radical (unpaired) electrons. The fourth-order valence-corrected chi connectivity index (χ4v) is 4.46. The van der Waals surface area contributed by atoms with Gasteiger partial charge in [-0.3, -0.25) is 4.79 Å². The Morgan fingerprint density at radius 3 is 2.44 bits per heavy atom. The second kappa shape index (κ2) is 7.86. The predicted molar refractivity (Wildman–Crippen MR) is 92.3 cm³/mol. The number of nitrogens with zero attached hydrogens (tertiary/aromatic N) is 1. The lowest BCUT2D eigenvalue weighted by Crippen LogP contribution is -2.44. The first-order chi connectivity index (χ1) is 11.7. The molecule has 1 fully saturated rings. The number of likely N-dealkylation sites (N-methyl/N-ethyl adjacent to an activating group) is 1. The number of carbonyl (C=O) groups is 2. The van der Waals surface area contributed by atoms with Gasteiger partial charge in [0.1, 0.15) is 5.75 Å². The number of carbonyl (C=O) groups excluding carboxylic acids is 2. The summed E-state index contributed by atoms with van der Waals surface area (Å²) < 4.78 is 33.6. The van der Waals surface area contributed by atoms with Crippen molar-refractivity contribution in [2.45, 2.75) is 32.4 Å². The lowest BCUT2D eigenvalue weighted by atomic mass is 10.2. The van der Waals surface area contributed by atoms with E-state index < -0.39 is 21.9 Å². The van der Waals surface area contributed by atoms with Crippen LogP contribution in [0.15, 0.2) is 24.3 Å². The van der Waals surface area contributed by atoms with Crippen molar-refractivity contribution in [3.63, 3.8) is 0 Å². The molecular weight excluding hydrogens is 346 g/mol. The minimum Gasteiger partial charge on any atom is -0.481 e. The highest BCUT2D eigenvalue weighted by Crippen LogP contribution is 2.19. The zero-order valence-corrected chi connectivity index (χ0v) is 15.4. The summed E-state index contributed by atoms with van der Waals surface area (Å²) in [6.45, 7) is 3.64. The maximum atomic E-state index is 12.4. The number of esters is 1. The van der Waals surface area contributed by atoms with Gasteiger partial charge in [0.2, 0.25) is 0 Å². The van der Waals surface area contributed by atoms with E-state index >= 15 is 0 Å². The summed E-state index contributed by atoms with van der Waals surface area (Å²) in [5, 5.41) is 0. The molecule has 0 spiro atoms. The summed E-state index contributed by atoms with van der Waals surface area (Å²) >= 11 is 0. The maximum absolute atomic E-state index is 12.4. The molecule has 2 atom stereocenters. The summed E-state index contributed by atoms with van der Waals surface area (Å²) in [5.74, 6) is -0.144. The molecule has 0 bridgehead atoms. The van der Waals surface area contributed by atoms with Gasteiger partial charge >= 0.3 is 5.97 Å². The molecule has 1 aromatic carbocycles. The maximum Gasteiger partial charge on any atom is 0.338 e. The Balaban J connectivity index is 1.95. The normalized spacial score (nSPS) is 19.9. The van der Waals surface area contributed by atoms with Crippen LogP contribution < -0.4 is 4.74 Å². The van der Waals surface area contributed by atoms with Gasteiger partial charge in [-0.25, -0.2) is 13.2 Å². The summed E-state index contributed by atoms with van der Waals surface area (Å²) in [6.07, 6.45) is -0.312. The van der Waals surface area contributed by atoms with Crippen LogP contribution in [0.2, 0.25) is 0 Å². The Morgan fingerprint density at radius 1 is 1.28 bits per heavy atom. The molecule has 0 saturated carbocycles. The molecule has 0 aromatic heterocycles. The van der Waals surface area contributed by atoms with E-state index in [2.05, 4.69) is 0 Å². The van der Waals surface area contributed by atoms with E-state index in [0.717, 1.165) is 0 Å². The molecule has 8 heteroatoms. The van der Waals surface area contributed by atoms with E-state index in [0.29, 0.717) is 24.3 Å². The second-order valence-electron chi connectivity index (χ2n) is 6.01. The SMILES string of the molecule is CCOC(=O)c1ccc(O[C@@H](C)C(=O)N(C)[C@H]2CCS(=O)(=O)C2)cc1. The molecule has 1 aliphatic rings. The number of ether oxygens (including phenoxy) is 2. The quantitative estimate of drug-likeness (QED) is 0.702. The van der Waals surface area contributed by atoms with Crippen molar-refractivity contribution < 1.29 is 27.5 Å². The molecule has 2 rings (SSSR count). The van der Waals surface area contributed by atoms with Gasteiger partial charge in [-0.1, -0.05) is 0 Å². The average molecular weight is 369 g/mol. The van der Waals surface area contributed by atoms with Crippen LogP contribution in [0.5, 0.6) is 5.75 Å². The Morgan fingerprint density at radius 2 is 1.92 bits per heavy atom. The van der Waals surface area contributed by atoms with Gasteiger partial charge in [-0.2, -0.15) is 0 Å². The van der Waals surface area contributed by atoms with Gasteiger partial charge in [0, 0.05) is 13.1 Å². The first-order valence-electron chi connectivity index (χ1n) is 8.14. The molecule has 25 heavy (non-hydrogen) atoms. The standard InChI is InChI=1S/C17H23NO6S/c1-4-23-17(20)13-5-7-15(8-6-13)24-12(2)16(19)18(3)14-9-10-25(21,22)11-14/h5-8,12,14H,4,9-11H2,1-3H3/t12-,14-/m0/s1. The van der Waals surface area contributed by atoms with Crippen LogP contribution in [0.1, 0.15) is 30.6 Å². The molecule has 0 N–H and O–H groups in total. The molecule has 0 unspecified atom stereocenters. The van der Waals surface area contributed by atoms with Crippen LogP contribution in [0.3, 0.4) is 0 Å². The summed E-state index contributed by atoms with van der Waals surface area (Å²) in [6, 6.07) is 6.01. The molecule has 1 amide bonds. The Bertz CT molecular complexity index is 728. The number of benzene rings is 1. The summed E-state index contributed by atoms with van der Waals surface area (Å²) in [4.78, 5) is 25.5. The highest BCUT2D eigenvalue weighted by molar-refractivity contribution is 7.91. The van der Waals surface area contributed by atoms with E-state index in [4.69, 9.17) is 9.47 Å². The number of amides is 1. The molecule has 7 nitrogen and oxygen atoms in total. The van der Waals surface area contributed by atoms with E-state index in [-0.39, 0.29) is 23.5 Å². The Hall–Kier alpha value is -2.09. The number of hydrogen-bond acceptors (Lipinski definition) is 6. The average Bonchev–Trinajstić information content (AvgIpc) is 2.94. The van der Waals surface area contributed by atoms with Gasteiger partial charge in [-0.15, -0.1) is 0 Å². The molecule has 1 aromatic rings. The van der Waals surface area contributed by atoms with Crippen molar-refractivity contribution >= 4 is 21.7 Å². The molecule has 138 valence electrons. The van der Waals surface area contributed by atoms with Crippen molar-refractivity contribution in [3.8, 4) is 5.75 Å². The van der Waals surface area contributed by atoms with Crippen LogP contribution in [0.25, 0.3) is 0 Å². The van der Waals surface area contributed by atoms with Crippen molar-refractivity contribution in [1.82, 2.24) is 4.90 Å². The third-order valence-corrected chi connectivity index (χ3v) is 5.88. The predicted octanol–water partition coefficient (Wildman–Crippen LogP) is 1.28. The second-order valence-corrected chi connectivity index (χ2v) is 8.24. The minimum atomic E-state index is -3.05. The monoisotopic (exact) mass is 369 g/mol. The van der Waals surface area contributed by atoms with E-state index in [1.807, 2.05) is 0 Å². The van der Waals surface area contributed by atoms with Crippen LogP contribution in [-0.4, -0.2) is 62.5 Å². The zero-order valence-electron chi connectivity index (χ0n) is 14.6. The fourth-order valence-electron chi connectivity index (χ4n) is 2.69. The first kappa shape index (κ1) is 19.2. The molecular formula is C17H23NO6S. The van der Waals surface area contributed by atoms with Crippen molar-refractivity contribution in [2.75, 3.05) is 25.2 Å². The highest BCUT2D eigenvalue weighted by Gasteiger charge is 2.34. The van der Waals surface area contributed by atoms with Crippen molar-refractivity contribution in [1.29, 1.82) is 0 Å². The smallest absolute Gasteiger partial charge is 0.338 e. The Kier molecular flexibility index (Phi) is 6.05. The topological polar surface area (TPSA) is 90.0 Å². The van der Waals surface area contributed by atoms with Crippen LogP contribution in [-0.2, 0) is 19.4 Å².